The lowest BCUT2D eigenvalue weighted by molar-refractivity contribution is 0.148. The zero-order valence-electron chi connectivity index (χ0n) is 23.3. The van der Waals surface area contributed by atoms with Gasteiger partial charge in [-0.3, -0.25) is 14.6 Å². The Hall–Kier alpha value is -4.63. The van der Waals surface area contributed by atoms with Crippen LogP contribution in [0.1, 0.15) is 16.7 Å². The van der Waals surface area contributed by atoms with Gasteiger partial charge in [0.2, 0.25) is 0 Å². The summed E-state index contributed by atoms with van der Waals surface area (Å²) in [5.41, 5.74) is 3.30. The highest BCUT2D eigenvalue weighted by Crippen LogP contribution is 2.29. The van der Waals surface area contributed by atoms with E-state index in [1.165, 1.54) is 30.1 Å². The van der Waals surface area contributed by atoms with E-state index >= 15 is 4.39 Å². The molecule has 0 bridgehead atoms. The Labute approximate surface area is 248 Å². The molecule has 1 aliphatic heterocycles. The van der Waals surface area contributed by atoms with E-state index in [1.54, 1.807) is 0 Å². The van der Waals surface area contributed by atoms with Gasteiger partial charge < -0.3 is 9.88 Å². The average molecular weight is 599 g/mol. The molecule has 6 rings (SSSR count). The minimum atomic E-state index is -4.13. The third kappa shape index (κ3) is 6.27. The first-order valence-electron chi connectivity index (χ1n) is 13.7. The number of sulfonamides is 1. The number of benzene rings is 2. The second-order valence-electron chi connectivity index (χ2n) is 10.4. The molecule has 1 saturated heterocycles. The molecule has 1 fully saturated rings. The predicted octanol–water partition coefficient (Wildman–Crippen LogP) is 4.85. The first-order valence-corrected chi connectivity index (χ1v) is 15.2. The number of aromatic nitrogens is 3. The molecule has 0 atom stereocenters. The van der Waals surface area contributed by atoms with Crippen molar-refractivity contribution in [3.8, 4) is 23.0 Å². The van der Waals surface area contributed by atoms with Crippen molar-refractivity contribution in [2.24, 2.45) is 0 Å². The lowest BCUT2D eigenvalue weighted by Crippen LogP contribution is -2.43. The van der Waals surface area contributed by atoms with Crippen LogP contribution in [0.3, 0.4) is 0 Å². The van der Waals surface area contributed by atoms with Crippen molar-refractivity contribution in [2.75, 3.05) is 37.9 Å². The summed E-state index contributed by atoms with van der Waals surface area (Å²) in [7, 11) is -1.99. The topological polar surface area (TPSA) is 94.2 Å². The molecule has 43 heavy (non-hydrogen) atoms. The largest absolute Gasteiger partial charge is 0.346 e. The Morgan fingerprint density at radius 3 is 2.53 bits per heavy atom. The Kier molecular flexibility index (Phi) is 7.90. The second kappa shape index (κ2) is 11.9. The SMILES string of the molecule is CN1CCN(Cc2ccc(-c3c[nH]c4ncc(C#Cc5c(F)ccc(NS(=O)(=O)c6cccnc6)c5F)cc34)cc2)CC1. The van der Waals surface area contributed by atoms with Crippen molar-refractivity contribution in [2.45, 2.75) is 11.4 Å². The molecule has 0 spiro atoms. The minimum absolute atomic E-state index is 0.155. The molecule has 1 aliphatic rings. The van der Waals surface area contributed by atoms with Crippen molar-refractivity contribution in [1.29, 1.82) is 0 Å². The summed E-state index contributed by atoms with van der Waals surface area (Å²) in [6.07, 6.45) is 5.94. The summed E-state index contributed by atoms with van der Waals surface area (Å²) < 4.78 is 57.3. The smallest absolute Gasteiger partial charge is 0.263 e. The quantitative estimate of drug-likeness (QED) is 0.272. The highest BCUT2D eigenvalue weighted by molar-refractivity contribution is 7.92. The van der Waals surface area contributed by atoms with Crippen LogP contribution < -0.4 is 4.72 Å². The summed E-state index contributed by atoms with van der Waals surface area (Å²) in [6.45, 7) is 5.15. The monoisotopic (exact) mass is 598 g/mol. The number of H-pyrrole nitrogens is 1. The average Bonchev–Trinajstić information content (AvgIpc) is 3.44. The molecule has 8 nitrogen and oxygen atoms in total. The van der Waals surface area contributed by atoms with E-state index in [9.17, 15) is 12.8 Å². The summed E-state index contributed by atoms with van der Waals surface area (Å²) in [5.74, 6) is 3.27. The van der Waals surface area contributed by atoms with E-state index in [4.69, 9.17) is 0 Å². The highest BCUT2D eigenvalue weighted by Gasteiger charge is 2.20. The number of hydrogen-bond donors (Lipinski definition) is 2. The Morgan fingerprint density at radius 2 is 1.79 bits per heavy atom. The predicted molar refractivity (Wildman–Crippen MR) is 162 cm³/mol. The van der Waals surface area contributed by atoms with Crippen molar-refractivity contribution in [3.05, 3.63) is 108 Å². The summed E-state index contributed by atoms with van der Waals surface area (Å²) >= 11 is 0. The van der Waals surface area contributed by atoms with Crippen molar-refractivity contribution >= 4 is 26.7 Å². The van der Waals surface area contributed by atoms with Gasteiger partial charge in [-0.2, -0.15) is 0 Å². The Bertz CT molecular complexity index is 1940. The van der Waals surface area contributed by atoms with Crippen LogP contribution in [-0.2, 0) is 16.6 Å². The number of anilines is 1. The molecule has 5 aromatic rings. The van der Waals surface area contributed by atoms with Crippen molar-refractivity contribution in [3.63, 3.8) is 0 Å². The van der Waals surface area contributed by atoms with Gasteiger partial charge in [0.1, 0.15) is 16.4 Å². The van der Waals surface area contributed by atoms with E-state index in [1.807, 2.05) is 12.3 Å². The van der Waals surface area contributed by atoms with Gasteiger partial charge >= 0.3 is 0 Å². The van der Waals surface area contributed by atoms with Gasteiger partial charge in [0, 0.05) is 74.0 Å². The summed E-state index contributed by atoms with van der Waals surface area (Å²) in [4.78, 5) is 16.0. The maximum Gasteiger partial charge on any atom is 0.263 e. The zero-order chi connectivity index (χ0) is 30.0. The summed E-state index contributed by atoms with van der Waals surface area (Å²) in [6, 6.07) is 15.0. The van der Waals surface area contributed by atoms with Gasteiger partial charge in [-0.05, 0) is 48.5 Å². The van der Waals surface area contributed by atoms with Crippen molar-refractivity contribution in [1.82, 2.24) is 24.8 Å². The summed E-state index contributed by atoms with van der Waals surface area (Å²) in [5, 5.41) is 0.817. The fourth-order valence-electron chi connectivity index (χ4n) is 4.95. The Balaban J connectivity index is 1.24. The van der Waals surface area contributed by atoms with Gasteiger partial charge in [-0.1, -0.05) is 36.1 Å². The van der Waals surface area contributed by atoms with E-state index in [0.717, 1.165) is 67.6 Å². The fraction of sp³-hybridized carbons (Fsp3) is 0.188. The molecule has 0 amide bonds. The van der Waals surface area contributed by atoms with Crippen LogP contribution in [0, 0.1) is 23.5 Å². The number of aromatic amines is 1. The van der Waals surface area contributed by atoms with Gasteiger partial charge in [-0.15, -0.1) is 0 Å². The molecule has 0 radical (unpaired) electrons. The van der Waals surface area contributed by atoms with Gasteiger partial charge in [0.25, 0.3) is 10.0 Å². The van der Waals surface area contributed by atoms with E-state index in [-0.39, 0.29) is 4.90 Å². The second-order valence-corrected chi connectivity index (χ2v) is 12.1. The maximum absolute atomic E-state index is 15.3. The number of piperazine rings is 1. The van der Waals surface area contributed by atoms with E-state index in [2.05, 4.69) is 72.6 Å². The molecule has 0 aliphatic carbocycles. The van der Waals surface area contributed by atoms with Crippen molar-refractivity contribution < 1.29 is 17.2 Å². The van der Waals surface area contributed by atoms with Crippen LogP contribution in [0.15, 0.2) is 84.3 Å². The van der Waals surface area contributed by atoms with Gasteiger partial charge in [0.15, 0.2) is 5.82 Å². The number of nitrogens with zero attached hydrogens (tertiary/aromatic N) is 4. The zero-order valence-corrected chi connectivity index (χ0v) is 24.1. The molecular weight excluding hydrogens is 570 g/mol. The molecule has 11 heteroatoms. The van der Waals surface area contributed by atoms with Gasteiger partial charge in [0.05, 0.1) is 11.3 Å². The number of likely N-dealkylation sites (N-methyl/N-ethyl adjacent to an activating group) is 1. The lowest BCUT2D eigenvalue weighted by atomic mass is 10.0. The molecule has 3 aromatic heterocycles. The molecule has 4 heterocycles. The number of fused-ring (bicyclic) bond motifs is 1. The minimum Gasteiger partial charge on any atom is -0.346 e. The lowest BCUT2D eigenvalue weighted by Gasteiger charge is -2.32. The third-order valence-electron chi connectivity index (χ3n) is 7.41. The van der Waals surface area contributed by atoms with Crippen LogP contribution in [0.25, 0.3) is 22.2 Å². The standard InChI is InChI=1S/C32H28F2N6O2S/c1-39-13-15-40(16-14-39)21-22-4-7-24(8-5-22)28-20-37-32-27(28)17-23(18-36-32)6-9-26-29(33)10-11-30(31(26)34)38-43(41,42)25-3-2-12-35-19-25/h2-5,7-8,10-12,17-20,38H,13-16,21H2,1H3,(H,36,37). The molecule has 0 saturated carbocycles. The maximum atomic E-state index is 15.3. The molecule has 2 N–H and O–H groups in total. The number of rotatable bonds is 6. The van der Waals surface area contributed by atoms with Crippen LogP contribution in [-0.4, -0.2) is 66.4 Å². The van der Waals surface area contributed by atoms with Crippen LogP contribution in [0.4, 0.5) is 14.5 Å². The highest BCUT2D eigenvalue weighted by atomic mass is 32.2. The first-order chi connectivity index (χ1) is 20.8. The molecule has 218 valence electrons. The number of nitrogens with one attached hydrogen (secondary N) is 2. The van der Waals surface area contributed by atoms with E-state index in [0.29, 0.717) is 11.2 Å². The molecule has 0 unspecified atom stereocenters. The first kappa shape index (κ1) is 28.5. The number of hydrogen-bond acceptors (Lipinski definition) is 6. The number of pyridine rings is 2. The van der Waals surface area contributed by atoms with E-state index < -0.39 is 32.9 Å². The van der Waals surface area contributed by atoms with Crippen LogP contribution in [0.2, 0.25) is 0 Å². The normalized spacial score (nSPS) is 14.4. The fourth-order valence-corrected chi connectivity index (χ4v) is 5.98. The third-order valence-corrected chi connectivity index (χ3v) is 8.76. The molecular formula is C32H28F2N6O2S. The number of halogens is 2. The van der Waals surface area contributed by atoms with Gasteiger partial charge in [-0.25, -0.2) is 22.2 Å². The molecule has 2 aromatic carbocycles. The Morgan fingerprint density at radius 1 is 1.00 bits per heavy atom. The van der Waals surface area contributed by atoms with Crippen LogP contribution in [0.5, 0.6) is 0 Å². The van der Waals surface area contributed by atoms with Crippen LogP contribution >= 0.6 is 0 Å².